The first-order valence-corrected chi connectivity index (χ1v) is 11.6. The second-order valence-corrected chi connectivity index (χ2v) is 9.83. The Bertz CT molecular complexity index is 1230. The predicted molar refractivity (Wildman–Crippen MR) is 139 cm³/mol. The van der Waals surface area contributed by atoms with E-state index in [-0.39, 0.29) is 16.9 Å². The average Bonchev–Trinajstić information content (AvgIpc) is 2.82. The van der Waals surface area contributed by atoms with Gasteiger partial charge in [0, 0.05) is 22.7 Å². The monoisotopic (exact) mass is 455 g/mol. The second-order valence-electron chi connectivity index (χ2n) is 9.83. The lowest BCUT2D eigenvalue weighted by Crippen LogP contribution is -2.55. The van der Waals surface area contributed by atoms with Crippen molar-refractivity contribution in [2.45, 2.75) is 45.1 Å². The molecule has 4 nitrogen and oxygen atoms in total. The van der Waals surface area contributed by atoms with E-state index in [0.29, 0.717) is 11.5 Å². The quantitative estimate of drug-likeness (QED) is 0.410. The Balaban J connectivity index is 1.72. The zero-order valence-electron chi connectivity index (χ0n) is 20.9. The van der Waals surface area contributed by atoms with Gasteiger partial charge in [0.05, 0.1) is 14.2 Å². The van der Waals surface area contributed by atoms with Crippen molar-refractivity contribution in [1.82, 2.24) is 0 Å². The molecule has 1 aliphatic heterocycles. The van der Waals surface area contributed by atoms with Gasteiger partial charge in [0.25, 0.3) is 5.91 Å². The summed E-state index contributed by atoms with van der Waals surface area (Å²) in [5.74, 6) is 1.25. The number of aryl methyl sites for hydroxylation is 1. The van der Waals surface area contributed by atoms with Gasteiger partial charge in [0.15, 0.2) is 11.5 Å². The third kappa shape index (κ3) is 4.21. The van der Waals surface area contributed by atoms with Gasteiger partial charge >= 0.3 is 0 Å². The third-order valence-corrected chi connectivity index (χ3v) is 6.87. The number of hydrogen-bond acceptors (Lipinski definition) is 3. The second kappa shape index (κ2) is 9.02. The molecule has 1 amide bonds. The maximum absolute atomic E-state index is 13.6. The van der Waals surface area contributed by atoms with Crippen LogP contribution in [-0.4, -0.2) is 25.7 Å². The topological polar surface area (TPSA) is 38.8 Å². The molecule has 34 heavy (non-hydrogen) atoms. The highest BCUT2D eigenvalue weighted by Gasteiger charge is 2.47. The van der Waals surface area contributed by atoms with E-state index in [1.54, 1.807) is 20.3 Å². The lowest BCUT2D eigenvalue weighted by Gasteiger charge is -2.51. The van der Waals surface area contributed by atoms with Crippen molar-refractivity contribution >= 4 is 17.7 Å². The van der Waals surface area contributed by atoms with E-state index in [4.69, 9.17) is 9.47 Å². The summed E-state index contributed by atoms with van der Waals surface area (Å²) in [5.41, 5.74) is 4.94. The number of carbonyl (C=O) groups is 1. The number of anilines is 1. The summed E-state index contributed by atoms with van der Waals surface area (Å²) >= 11 is 0. The molecular formula is C30H33NO3. The van der Waals surface area contributed by atoms with E-state index in [0.717, 1.165) is 17.7 Å². The molecule has 0 radical (unpaired) electrons. The summed E-state index contributed by atoms with van der Waals surface area (Å²) in [6.45, 7) is 8.70. The smallest absolute Gasteiger partial charge is 0.251 e. The van der Waals surface area contributed by atoms with Crippen LogP contribution in [0, 0.1) is 6.92 Å². The molecule has 4 rings (SSSR count). The number of rotatable bonds is 5. The lowest BCUT2D eigenvalue weighted by atomic mass is 9.65. The molecule has 0 aliphatic carbocycles. The van der Waals surface area contributed by atoms with Gasteiger partial charge in [0.1, 0.15) is 0 Å². The Morgan fingerprint density at radius 1 is 0.912 bits per heavy atom. The normalized spacial score (nSPS) is 19.1. The first-order valence-electron chi connectivity index (χ1n) is 11.6. The van der Waals surface area contributed by atoms with Crippen LogP contribution in [0.3, 0.4) is 0 Å². The minimum Gasteiger partial charge on any atom is -0.493 e. The summed E-state index contributed by atoms with van der Waals surface area (Å²) in [4.78, 5) is 15.5. The number of fused-ring (bicyclic) bond motifs is 1. The highest BCUT2D eigenvalue weighted by Crippen LogP contribution is 2.50. The fourth-order valence-corrected chi connectivity index (χ4v) is 5.30. The first kappa shape index (κ1) is 23.6. The predicted octanol–water partition coefficient (Wildman–Crippen LogP) is 6.55. The van der Waals surface area contributed by atoms with Crippen LogP contribution in [0.25, 0.3) is 6.08 Å². The average molecular weight is 456 g/mol. The van der Waals surface area contributed by atoms with Gasteiger partial charge in [-0.2, -0.15) is 0 Å². The number of para-hydroxylation sites is 1. The molecule has 0 spiro atoms. The van der Waals surface area contributed by atoms with Crippen molar-refractivity contribution in [3.05, 3.63) is 95.1 Å². The molecule has 3 aromatic carbocycles. The van der Waals surface area contributed by atoms with Gasteiger partial charge in [0.2, 0.25) is 0 Å². The fourth-order valence-electron chi connectivity index (χ4n) is 5.30. The molecule has 3 aromatic rings. The van der Waals surface area contributed by atoms with Crippen molar-refractivity contribution in [3.63, 3.8) is 0 Å². The Kier molecular flexibility index (Phi) is 6.26. The molecule has 0 bridgehead atoms. The van der Waals surface area contributed by atoms with Crippen LogP contribution in [0.15, 0.2) is 72.8 Å². The Morgan fingerprint density at radius 2 is 1.59 bits per heavy atom. The number of carbonyl (C=O) groups excluding carboxylic acids is 1. The van der Waals surface area contributed by atoms with Gasteiger partial charge in [-0.25, -0.2) is 0 Å². The van der Waals surface area contributed by atoms with E-state index in [2.05, 4.69) is 70.2 Å². The van der Waals surface area contributed by atoms with Crippen LogP contribution in [0.1, 0.15) is 49.4 Å². The van der Waals surface area contributed by atoms with Gasteiger partial charge in [-0.05, 0) is 68.2 Å². The Hall–Kier alpha value is -3.53. The van der Waals surface area contributed by atoms with Crippen LogP contribution >= 0.6 is 0 Å². The molecule has 0 saturated carbocycles. The van der Waals surface area contributed by atoms with Crippen molar-refractivity contribution in [2.75, 3.05) is 19.1 Å². The molecule has 0 fully saturated rings. The largest absolute Gasteiger partial charge is 0.493 e. The molecule has 1 heterocycles. The molecular weight excluding hydrogens is 422 g/mol. The molecule has 0 saturated heterocycles. The van der Waals surface area contributed by atoms with Crippen molar-refractivity contribution in [3.8, 4) is 11.5 Å². The zero-order valence-corrected chi connectivity index (χ0v) is 20.9. The summed E-state index contributed by atoms with van der Waals surface area (Å²) < 4.78 is 10.7. The van der Waals surface area contributed by atoms with E-state index < -0.39 is 0 Å². The Morgan fingerprint density at radius 3 is 2.26 bits per heavy atom. The number of ether oxygens (including phenoxy) is 2. The van der Waals surface area contributed by atoms with E-state index in [9.17, 15) is 4.79 Å². The minimum absolute atomic E-state index is 0.0433. The number of amides is 1. The van der Waals surface area contributed by atoms with Crippen molar-refractivity contribution in [1.29, 1.82) is 0 Å². The minimum atomic E-state index is -0.382. The van der Waals surface area contributed by atoms with Crippen LogP contribution < -0.4 is 14.4 Å². The van der Waals surface area contributed by atoms with E-state index >= 15 is 0 Å². The summed E-state index contributed by atoms with van der Waals surface area (Å²) in [7, 11) is 3.21. The maximum atomic E-state index is 13.6. The van der Waals surface area contributed by atoms with Gasteiger partial charge in [-0.15, -0.1) is 0 Å². The van der Waals surface area contributed by atoms with Gasteiger partial charge < -0.3 is 14.4 Å². The molecule has 0 N–H and O–H groups in total. The molecule has 176 valence electrons. The van der Waals surface area contributed by atoms with E-state index in [1.807, 2.05) is 35.2 Å². The molecule has 1 atom stereocenters. The SMILES string of the molecule is COc1ccc(/C=C/C(=O)N2c3ccccc3[C@](C)(c3ccc(C)cc3)CC2(C)C)cc1OC. The number of hydrogen-bond donors (Lipinski definition) is 0. The molecule has 4 heteroatoms. The first-order chi connectivity index (χ1) is 16.2. The van der Waals surface area contributed by atoms with Crippen molar-refractivity contribution < 1.29 is 14.3 Å². The summed E-state index contributed by atoms with van der Waals surface area (Å²) in [6.07, 6.45) is 4.29. The highest BCUT2D eigenvalue weighted by atomic mass is 16.5. The maximum Gasteiger partial charge on any atom is 0.251 e. The standard InChI is InChI=1S/C30H33NO3/c1-21-11-15-23(16-12-21)30(4)20-29(2,3)31(25-10-8-7-9-24(25)30)28(32)18-14-22-13-17-26(33-5)27(19-22)34-6/h7-19H,20H2,1-6H3/b18-14+/t30-/m0/s1. The summed E-state index contributed by atoms with van der Waals surface area (Å²) in [6, 6.07) is 22.7. The molecule has 1 aliphatic rings. The highest BCUT2D eigenvalue weighted by molar-refractivity contribution is 6.06. The number of methoxy groups -OCH3 is 2. The number of benzene rings is 3. The van der Waals surface area contributed by atoms with Crippen molar-refractivity contribution in [2.24, 2.45) is 0 Å². The fraction of sp³-hybridized carbons (Fsp3) is 0.300. The Labute approximate surface area is 202 Å². The van der Waals surface area contributed by atoms with Crippen LogP contribution in [0.4, 0.5) is 5.69 Å². The third-order valence-electron chi connectivity index (χ3n) is 6.87. The van der Waals surface area contributed by atoms with E-state index in [1.165, 1.54) is 16.7 Å². The van der Waals surface area contributed by atoms with Crippen LogP contribution in [0.2, 0.25) is 0 Å². The van der Waals surface area contributed by atoms with Crippen LogP contribution in [0.5, 0.6) is 11.5 Å². The molecule has 0 aromatic heterocycles. The lowest BCUT2D eigenvalue weighted by molar-refractivity contribution is -0.115. The summed E-state index contributed by atoms with van der Waals surface area (Å²) in [5, 5.41) is 0. The van der Waals surface area contributed by atoms with Gasteiger partial charge in [-0.1, -0.05) is 61.0 Å². The number of nitrogens with zero attached hydrogens (tertiary/aromatic N) is 1. The van der Waals surface area contributed by atoms with Crippen LogP contribution in [-0.2, 0) is 10.2 Å². The molecule has 0 unspecified atom stereocenters. The van der Waals surface area contributed by atoms with Gasteiger partial charge in [-0.3, -0.25) is 4.79 Å². The zero-order chi connectivity index (χ0) is 24.5.